The number of rotatable bonds is 8. The molecule has 208 valence electrons. The second kappa shape index (κ2) is 12.0. The van der Waals surface area contributed by atoms with Crippen LogP contribution in [0.2, 0.25) is 0 Å². The van der Waals surface area contributed by atoms with Crippen LogP contribution < -0.4 is 24.6 Å². The Morgan fingerprint density at radius 3 is 2.45 bits per heavy atom. The fourth-order valence-corrected chi connectivity index (χ4v) is 5.05. The molecule has 1 saturated heterocycles. The summed E-state index contributed by atoms with van der Waals surface area (Å²) >= 11 is 6.64. The normalized spacial score (nSPS) is 14.4. The molecule has 0 atom stereocenters. The van der Waals surface area contributed by atoms with E-state index in [0.717, 1.165) is 17.8 Å². The third kappa shape index (κ3) is 6.75. The minimum atomic E-state index is -4.52. The van der Waals surface area contributed by atoms with Crippen molar-refractivity contribution in [3.8, 4) is 11.5 Å². The van der Waals surface area contributed by atoms with Gasteiger partial charge in [0, 0.05) is 25.5 Å². The number of nitrogens with zero attached hydrogens (tertiary/aromatic N) is 2. The molecule has 1 N–H and O–H groups in total. The Hall–Kier alpha value is -4.03. The summed E-state index contributed by atoms with van der Waals surface area (Å²) in [7, 11) is 5.28. The van der Waals surface area contributed by atoms with E-state index in [1.165, 1.54) is 35.9 Å². The molecule has 3 aromatic rings. The third-order valence-corrected chi connectivity index (χ3v) is 7.04. The van der Waals surface area contributed by atoms with Crippen LogP contribution in [0.4, 0.5) is 30.2 Å². The first kappa shape index (κ1) is 29.0. The number of thiocarbonyl (C=S) groups is 1. The van der Waals surface area contributed by atoms with Crippen molar-refractivity contribution >= 4 is 63.3 Å². The fraction of sp³-hybridized carbons (Fsp3) is 0.179. The van der Waals surface area contributed by atoms with Crippen molar-refractivity contribution < 1.29 is 32.2 Å². The monoisotopic (exact) mass is 587 g/mol. The molecule has 0 spiro atoms. The number of alkyl halides is 3. The van der Waals surface area contributed by atoms with Gasteiger partial charge in [0.15, 0.2) is 22.4 Å². The molecule has 40 heavy (non-hydrogen) atoms. The number of hydrogen-bond donors (Lipinski definition) is 1. The first-order valence-corrected chi connectivity index (χ1v) is 13.0. The molecule has 0 aliphatic carbocycles. The Bertz CT molecular complexity index is 1470. The standard InChI is InChI=1S/C28H24F3N3O4S2/c1-33(2)20-8-10-21(11-9-20)34-26(36)24(40-27(34)39)14-17-7-12-22(23(13-17)37-3)38-16-25(35)32-19-6-4-5-18(15-19)28(29,30)31/h4-15H,16H2,1-3H3,(H,32,35)/b24-14-. The van der Waals surface area contributed by atoms with E-state index in [9.17, 15) is 22.8 Å². The van der Waals surface area contributed by atoms with Gasteiger partial charge in [-0.1, -0.05) is 36.1 Å². The molecule has 1 aliphatic rings. The lowest BCUT2D eigenvalue weighted by molar-refractivity contribution is -0.137. The zero-order chi connectivity index (χ0) is 29.0. The summed E-state index contributed by atoms with van der Waals surface area (Å²) in [5.74, 6) is -0.353. The van der Waals surface area contributed by atoms with E-state index < -0.39 is 24.3 Å². The van der Waals surface area contributed by atoms with E-state index in [2.05, 4.69) is 5.32 Å². The molecule has 3 aromatic carbocycles. The van der Waals surface area contributed by atoms with Gasteiger partial charge < -0.3 is 19.7 Å². The van der Waals surface area contributed by atoms with Crippen LogP contribution in [0, 0.1) is 0 Å². The molecule has 7 nitrogen and oxygen atoms in total. The molecule has 1 heterocycles. The number of methoxy groups -OCH3 is 1. The average molecular weight is 588 g/mol. The molecular formula is C28H24F3N3O4S2. The summed E-state index contributed by atoms with van der Waals surface area (Å²) in [6, 6.07) is 16.7. The van der Waals surface area contributed by atoms with Crippen LogP contribution in [0.1, 0.15) is 11.1 Å². The van der Waals surface area contributed by atoms with E-state index in [4.69, 9.17) is 21.7 Å². The average Bonchev–Trinajstić information content (AvgIpc) is 3.19. The summed E-state index contributed by atoms with van der Waals surface area (Å²) in [6.45, 7) is -0.461. The highest BCUT2D eigenvalue weighted by Crippen LogP contribution is 2.38. The highest BCUT2D eigenvalue weighted by molar-refractivity contribution is 8.27. The summed E-state index contributed by atoms with van der Waals surface area (Å²) in [5, 5.41) is 2.38. The first-order chi connectivity index (χ1) is 19.0. The van der Waals surface area contributed by atoms with Crippen LogP contribution in [-0.4, -0.2) is 43.9 Å². The van der Waals surface area contributed by atoms with Crippen LogP contribution >= 0.6 is 24.0 Å². The van der Waals surface area contributed by atoms with Gasteiger partial charge in [-0.25, -0.2) is 0 Å². The summed E-state index contributed by atoms with van der Waals surface area (Å²) in [5.41, 5.74) is 1.42. The lowest BCUT2D eigenvalue weighted by atomic mass is 10.1. The number of ether oxygens (including phenoxy) is 2. The van der Waals surface area contributed by atoms with E-state index in [1.807, 2.05) is 43.3 Å². The molecule has 12 heteroatoms. The number of nitrogens with one attached hydrogen (secondary N) is 1. The molecule has 0 saturated carbocycles. The quantitative estimate of drug-likeness (QED) is 0.249. The number of thioether (sulfide) groups is 1. The summed E-state index contributed by atoms with van der Waals surface area (Å²) < 4.78 is 50.1. The van der Waals surface area contributed by atoms with Gasteiger partial charge in [0.1, 0.15) is 0 Å². The van der Waals surface area contributed by atoms with Crippen molar-refractivity contribution in [3.63, 3.8) is 0 Å². The minimum Gasteiger partial charge on any atom is -0.493 e. The van der Waals surface area contributed by atoms with Gasteiger partial charge in [-0.2, -0.15) is 13.2 Å². The van der Waals surface area contributed by atoms with Gasteiger partial charge in [0.25, 0.3) is 11.8 Å². The van der Waals surface area contributed by atoms with Crippen LogP contribution in [0.25, 0.3) is 6.08 Å². The van der Waals surface area contributed by atoms with Gasteiger partial charge in [0.2, 0.25) is 0 Å². The molecule has 0 unspecified atom stereocenters. The van der Waals surface area contributed by atoms with Crippen molar-refractivity contribution in [2.45, 2.75) is 6.18 Å². The predicted molar refractivity (Wildman–Crippen MR) is 155 cm³/mol. The lowest BCUT2D eigenvalue weighted by Crippen LogP contribution is -2.27. The molecule has 1 aliphatic heterocycles. The van der Waals surface area contributed by atoms with Crippen LogP contribution in [-0.2, 0) is 15.8 Å². The van der Waals surface area contributed by atoms with Crippen LogP contribution in [0.15, 0.2) is 71.6 Å². The van der Waals surface area contributed by atoms with E-state index >= 15 is 0 Å². The maximum Gasteiger partial charge on any atom is 0.416 e. The molecular weight excluding hydrogens is 563 g/mol. The predicted octanol–water partition coefficient (Wildman–Crippen LogP) is 6.20. The van der Waals surface area contributed by atoms with Crippen molar-refractivity contribution in [1.82, 2.24) is 0 Å². The Labute approximate surface area is 238 Å². The Morgan fingerprint density at radius 1 is 1.07 bits per heavy atom. The number of carbonyl (C=O) groups is 2. The summed E-state index contributed by atoms with van der Waals surface area (Å²) in [4.78, 5) is 29.3. The van der Waals surface area contributed by atoms with E-state index in [0.29, 0.717) is 26.2 Å². The van der Waals surface area contributed by atoms with Crippen LogP contribution in [0.3, 0.4) is 0 Å². The van der Waals surface area contributed by atoms with Crippen molar-refractivity contribution in [2.24, 2.45) is 0 Å². The maximum absolute atomic E-state index is 13.1. The van der Waals surface area contributed by atoms with Crippen LogP contribution in [0.5, 0.6) is 11.5 Å². The number of halogens is 3. The van der Waals surface area contributed by atoms with Gasteiger partial charge in [-0.3, -0.25) is 14.5 Å². The molecule has 1 fully saturated rings. The second-order valence-electron chi connectivity index (χ2n) is 8.75. The maximum atomic E-state index is 13.1. The molecule has 0 aromatic heterocycles. The molecule has 4 rings (SSSR count). The largest absolute Gasteiger partial charge is 0.493 e. The smallest absolute Gasteiger partial charge is 0.416 e. The number of benzene rings is 3. The fourth-order valence-electron chi connectivity index (χ4n) is 3.75. The Balaban J connectivity index is 1.43. The number of carbonyl (C=O) groups excluding carboxylic acids is 2. The van der Waals surface area contributed by atoms with Crippen molar-refractivity contribution in [3.05, 3.63) is 82.8 Å². The number of anilines is 3. The number of hydrogen-bond acceptors (Lipinski definition) is 7. The zero-order valence-corrected chi connectivity index (χ0v) is 23.2. The summed E-state index contributed by atoms with van der Waals surface area (Å²) in [6.07, 6.45) is -2.84. The van der Waals surface area contributed by atoms with Gasteiger partial charge in [-0.05, 0) is 66.2 Å². The first-order valence-electron chi connectivity index (χ1n) is 11.8. The minimum absolute atomic E-state index is 0.00306. The van der Waals surface area contributed by atoms with Gasteiger partial charge in [0.05, 0.1) is 23.3 Å². The Kier molecular flexibility index (Phi) is 8.70. The molecule has 0 radical (unpaired) electrons. The van der Waals surface area contributed by atoms with E-state index in [1.54, 1.807) is 24.3 Å². The van der Waals surface area contributed by atoms with E-state index in [-0.39, 0.29) is 17.3 Å². The molecule has 0 bridgehead atoms. The number of amides is 2. The topological polar surface area (TPSA) is 71.1 Å². The zero-order valence-electron chi connectivity index (χ0n) is 21.6. The van der Waals surface area contributed by atoms with Gasteiger partial charge in [-0.15, -0.1) is 0 Å². The van der Waals surface area contributed by atoms with Gasteiger partial charge >= 0.3 is 6.18 Å². The second-order valence-corrected chi connectivity index (χ2v) is 10.4. The third-order valence-electron chi connectivity index (χ3n) is 5.74. The molecule has 2 amide bonds. The Morgan fingerprint density at radius 2 is 1.80 bits per heavy atom. The highest BCUT2D eigenvalue weighted by Gasteiger charge is 2.33. The SMILES string of the molecule is COc1cc(/C=C2\SC(=S)N(c3ccc(N(C)C)cc3)C2=O)ccc1OCC(=O)Nc1cccc(C(F)(F)F)c1. The highest BCUT2D eigenvalue weighted by atomic mass is 32.2. The van der Waals surface area contributed by atoms with Crippen molar-refractivity contribution in [2.75, 3.05) is 42.9 Å². The van der Waals surface area contributed by atoms with Crippen molar-refractivity contribution in [1.29, 1.82) is 0 Å². The lowest BCUT2D eigenvalue weighted by Gasteiger charge is -2.17.